The van der Waals surface area contributed by atoms with E-state index in [1.54, 1.807) is 27.8 Å². The molecule has 90 valence electrons. The summed E-state index contributed by atoms with van der Waals surface area (Å²) in [6, 6.07) is 0. The van der Waals surface area contributed by atoms with Crippen molar-refractivity contribution in [1.82, 2.24) is 9.13 Å². The fraction of sp³-hybridized carbons (Fsp3) is 0.636. The molecule has 0 unspecified atom stereocenters. The van der Waals surface area contributed by atoms with Gasteiger partial charge in [0.05, 0.1) is 0 Å². The van der Waals surface area contributed by atoms with E-state index >= 15 is 0 Å². The van der Waals surface area contributed by atoms with Crippen LogP contribution in [-0.2, 0) is 19.0 Å². The van der Waals surface area contributed by atoms with E-state index < -0.39 is 11.1 Å². The van der Waals surface area contributed by atoms with Gasteiger partial charge in [0.2, 0.25) is 0 Å². The molecular weight excluding hydrogens is 228 g/mol. The van der Waals surface area contributed by atoms with Gasteiger partial charge >= 0.3 is 5.69 Å². The minimum Gasteiger partial charge on any atom is -0.299 e. The Bertz CT molecular complexity index is 483. The van der Waals surface area contributed by atoms with Crippen molar-refractivity contribution in [2.75, 3.05) is 0 Å². The summed E-state index contributed by atoms with van der Waals surface area (Å²) < 4.78 is 2.63. The number of hydrogen-bond donors (Lipinski definition) is 0. The van der Waals surface area contributed by atoms with Gasteiger partial charge < -0.3 is 0 Å². The summed E-state index contributed by atoms with van der Waals surface area (Å²) >= 11 is 5.99. The van der Waals surface area contributed by atoms with Gasteiger partial charge in [0.1, 0.15) is 5.02 Å². The number of rotatable bonds is 1. The molecule has 1 heterocycles. The Labute approximate surface area is 99.5 Å². The second-order valence-electron chi connectivity index (χ2n) is 4.77. The first-order valence-electron chi connectivity index (χ1n) is 5.22. The van der Waals surface area contributed by atoms with E-state index in [-0.39, 0.29) is 10.7 Å². The standard InChI is InChI=1S/C11H17ClN2O2/c1-6-7-8(12)9(15)14(11(2,3)4)10(16)13(7)5/h6H2,1-5H3. The average Bonchev–Trinajstić information content (AvgIpc) is 2.14. The Morgan fingerprint density at radius 2 is 1.75 bits per heavy atom. The van der Waals surface area contributed by atoms with Crippen molar-refractivity contribution in [3.8, 4) is 0 Å². The maximum absolute atomic E-state index is 12.0. The van der Waals surface area contributed by atoms with Gasteiger partial charge in [-0.15, -0.1) is 0 Å². The van der Waals surface area contributed by atoms with Crippen LogP contribution >= 0.6 is 11.6 Å². The lowest BCUT2D eigenvalue weighted by atomic mass is 10.1. The van der Waals surface area contributed by atoms with E-state index in [0.717, 1.165) is 0 Å². The van der Waals surface area contributed by atoms with Gasteiger partial charge in [0, 0.05) is 18.3 Å². The molecule has 0 amide bonds. The third kappa shape index (κ3) is 1.94. The van der Waals surface area contributed by atoms with Gasteiger partial charge in [-0.3, -0.25) is 13.9 Å². The highest BCUT2D eigenvalue weighted by Gasteiger charge is 2.22. The second-order valence-corrected chi connectivity index (χ2v) is 5.15. The first kappa shape index (κ1) is 13.0. The highest BCUT2D eigenvalue weighted by atomic mass is 35.5. The maximum atomic E-state index is 12.0. The van der Waals surface area contributed by atoms with Gasteiger partial charge in [-0.25, -0.2) is 4.79 Å². The van der Waals surface area contributed by atoms with E-state index in [1.165, 1.54) is 9.13 Å². The molecule has 0 aliphatic heterocycles. The summed E-state index contributed by atoms with van der Waals surface area (Å²) in [4.78, 5) is 24.0. The first-order chi connectivity index (χ1) is 7.21. The molecule has 16 heavy (non-hydrogen) atoms. The molecule has 0 aromatic carbocycles. The Kier molecular flexibility index (Phi) is 3.33. The maximum Gasteiger partial charge on any atom is 0.331 e. The molecular formula is C11H17ClN2O2. The third-order valence-electron chi connectivity index (χ3n) is 2.53. The fourth-order valence-corrected chi connectivity index (χ4v) is 2.05. The number of aromatic nitrogens is 2. The van der Waals surface area contributed by atoms with Crippen molar-refractivity contribution in [3.63, 3.8) is 0 Å². The Balaban J connectivity index is 3.83. The van der Waals surface area contributed by atoms with Crippen LogP contribution in [-0.4, -0.2) is 9.13 Å². The average molecular weight is 245 g/mol. The quantitative estimate of drug-likeness (QED) is 0.752. The molecule has 0 saturated carbocycles. The SMILES string of the molecule is CCc1c(Cl)c(=O)n(C(C)(C)C)c(=O)n1C. The molecule has 1 aromatic rings. The number of halogens is 1. The summed E-state index contributed by atoms with van der Waals surface area (Å²) in [5, 5.41) is 0.138. The second kappa shape index (κ2) is 4.09. The van der Waals surface area contributed by atoms with Gasteiger partial charge in [-0.05, 0) is 27.2 Å². The van der Waals surface area contributed by atoms with E-state index in [0.29, 0.717) is 12.1 Å². The van der Waals surface area contributed by atoms with Crippen molar-refractivity contribution in [2.24, 2.45) is 7.05 Å². The van der Waals surface area contributed by atoms with E-state index in [4.69, 9.17) is 11.6 Å². The minimum atomic E-state index is -0.568. The van der Waals surface area contributed by atoms with Crippen LogP contribution in [0, 0.1) is 0 Å². The van der Waals surface area contributed by atoms with Gasteiger partial charge in [0.25, 0.3) is 5.56 Å². The summed E-state index contributed by atoms with van der Waals surface area (Å²) in [5.41, 5.74) is -0.716. The van der Waals surface area contributed by atoms with Gasteiger partial charge in [0.15, 0.2) is 0 Å². The number of nitrogens with zero attached hydrogens (tertiary/aromatic N) is 2. The molecule has 0 fully saturated rings. The highest BCUT2D eigenvalue weighted by Crippen LogP contribution is 2.13. The van der Waals surface area contributed by atoms with E-state index in [1.807, 2.05) is 6.92 Å². The molecule has 5 heteroatoms. The molecule has 0 N–H and O–H groups in total. The zero-order valence-corrected chi connectivity index (χ0v) is 11.1. The highest BCUT2D eigenvalue weighted by molar-refractivity contribution is 6.31. The van der Waals surface area contributed by atoms with Crippen LogP contribution in [0.3, 0.4) is 0 Å². The summed E-state index contributed by atoms with van der Waals surface area (Å²) in [6.45, 7) is 7.27. The molecule has 0 aliphatic carbocycles. The molecule has 0 spiro atoms. The fourth-order valence-electron chi connectivity index (χ4n) is 1.71. The predicted molar refractivity (Wildman–Crippen MR) is 65.3 cm³/mol. The Morgan fingerprint density at radius 3 is 2.12 bits per heavy atom. The van der Waals surface area contributed by atoms with Crippen molar-refractivity contribution in [3.05, 3.63) is 31.6 Å². The van der Waals surface area contributed by atoms with Gasteiger partial charge in [-0.1, -0.05) is 18.5 Å². The van der Waals surface area contributed by atoms with Crippen molar-refractivity contribution >= 4 is 11.6 Å². The van der Waals surface area contributed by atoms with Crippen LogP contribution in [0.2, 0.25) is 5.02 Å². The summed E-state index contributed by atoms with van der Waals surface area (Å²) in [6.07, 6.45) is 0.560. The lowest BCUT2D eigenvalue weighted by molar-refractivity contribution is 0.356. The zero-order valence-electron chi connectivity index (χ0n) is 10.3. The third-order valence-corrected chi connectivity index (χ3v) is 2.91. The zero-order chi connectivity index (χ0) is 12.7. The van der Waals surface area contributed by atoms with Crippen molar-refractivity contribution in [1.29, 1.82) is 0 Å². The van der Waals surface area contributed by atoms with Crippen LogP contribution < -0.4 is 11.2 Å². The van der Waals surface area contributed by atoms with Crippen LogP contribution in [0.1, 0.15) is 33.4 Å². The van der Waals surface area contributed by atoms with Crippen LogP contribution in [0.15, 0.2) is 9.59 Å². The predicted octanol–water partition coefficient (Wildman–Crippen LogP) is 1.52. The molecule has 1 aromatic heterocycles. The molecule has 4 nitrogen and oxygen atoms in total. The van der Waals surface area contributed by atoms with Crippen LogP contribution in [0.4, 0.5) is 0 Å². The topological polar surface area (TPSA) is 44.0 Å². The van der Waals surface area contributed by atoms with Gasteiger partial charge in [-0.2, -0.15) is 0 Å². The van der Waals surface area contributed by atoms with Crippen LogP contribution in [0.5, 0.6) is 0 Å². The molecule has 0 bridgehead atoms. The largest absolute Gasteiger partial charge is 0.331 e. The summed E-state index contributed by atoms with van der Waals surface area (Å²) in [7, 11) is 1.63. The first-order valence-corrected chi connectivity index (χ1v) is 5.60. The molecule has 0 aliphatic rings. The number of hydrogen-bond acceptors (Lipinski definition) is 2. The molecule has 0 radical (unpaired) electrons. The van der Waals surface area contributed by atoms with Crippen molar-refractivity contribution in [2.45, 2.75) is 39.7 Å². The lowest BCUT2D eigenvalue weighted by Gasteiger charge is -2.23. The van der Waals surface area contributed by atoms with E-state index in [2.05, 4.69) is 0 Å². The van der Waals surface area contributed by atoms with Crippen molar-refractivity contribution < 1.29 is 0 Å². The smallest absolute Gasteiger partial charge is 0.299 e. The minimum absolute atomic E-state index is 0.138. The molecule has 0 saturated heterocycles. The Morgan fingerprint density at radius 1 is 1.25 bits per heavy atom. The summed E-state index contributed by atoms with van der Waals surface area (Å²) in [5.74, 6) is 0. The Hall–Kier alpha value is -1.03. The van der Waals surface area contributed by atoms with Crippen LogP contribution in [0.25, 0.3) is 0 Å². The molecule has 1 rings (SSSR count). The monoisotopic (exact) mass is 244 g/mol. The van der Waals surface area contributed by atoms with E-state index in [9.17, 15) is 9.59 Å². The molecule has 0 atom stereocenters. The normalized spacial score (nSPS) is 11.9. The lowest BCUT2D eigenvalue weighted by Crippen LogP contribution is -2.48.